The molecule has 0 aromatic carbocycles. The van der Waals surface area contributed by atoms with Crippen LogP contribution < -0.4 is 10.6 Å². The topological polar surface area (TPSA) is 49.8 Å². The molecule has 0 aliphatic heterocycles. The van der Waals surface area contributed by atoms with E-state index in [1.54, 1.807) is 0 Å². The van der Waals surface area contributed by atoms with Gasteiger partial charge in [-0.25, -0.2) is 9.97 Å². The summed E-state index contributed by atoms with van der Waals surface area (Å²) < 4.78 is 0. The van der Waals surface area contributed by atoms with E-state index < -0.39 is 0 Å². The Hall–Kier alpha value is -1.32. The number of nitrogens with zero attached hydrogens (tertiary/aromatic N) is 2. The monoisotopic (exact) mass is 288 g/mol. The molecule has 2 saturated carbocycles. The highest BCUT2D eigenvalue weighted by Crippen LogP contribution is 2.39. The summed E-state index contributed by atoms with van der Waals surface area (Å²) in [5, 5.41) is 6.99. The average molecular weight is 288 g/mol. The quantitative estimate of drug-likeness (QED) is 0.832. The van der Waals surface area contributed by atoms with Crippen LogP contribution in [-0.2, 0) is 0 Å². The molecule has 116 valence electrons. The van der Waals surface area contributed by atoms with Crippen molar-refractivity contribution in [2.75, 3.05) is 23.7 Å². The maximum absolute atomic E-state index is 4.79. The summed E-state index contributed by atoms with van der Waals surface area (Å²) in [6, 6.07) is 0. The van der Waals surface area contributed by atoms with Crippen molar-refractivity contribution in [2.45, 2.75) is 58.8 Å². The van der Waals surface area contributed by atoms with Crippen LogP contribution in [0.3, 0.4) is 0 Å². The van der Waals surface area contributed by atoms with Gasteiger partial charge in [0.2, 0.25) is 0 Å². The van der Waals surface area contributed by atoms with Gasteiger partial charge in [0.25, 0.3) is 0 Å². The van der Waals surface area contributed by atoms with Crippen molar-refractivity contribution in [3.8, 4) is 0 Å². The summed E-state index contributed by atoms with van der Waals surface area (Å²) in [6.45, 7) is 8.56. The van der Waals surface area contributed by atoms with Crippen LogP contribution in [0.15, 0.2) is 0 Å². The van der Waals surface area contributed by atoms with E-state index >= 15 is 0 Å². The second-order valence-electron chi connectivity index (χ2n) is 6.87. The number of rotatable bonds is 6. The Balaban J connectivity index is 1.72. The summed E-state index contributed by atoms with van der Waals surface area (Å²) >= 11 is 0. The molecule has 4 heteroatoms. The molecule has 2 atom stereocenters. The van der Waals surface area contributed by atoms with Gasteiger partial charge in [-0.05, 0) is 51.4 Å². The van der Waals surface area contributed by atoms with Crippen LogP contribution in [0.2, 0.25) is 0 Å². The van der Waals surface area contributed by atoms with E-state index in [-0.39, 0.29) is 0 Å². The van der Waals surface area contributed by atoms with Gasteiger partial charge in [0.15, 0.2) is 0 Å². The highest BCUT2D eigenvalue weighted by molar-refractivity contribution is 5.57. The van der Waals surface area contributed by atoms with E-state index in [2.05, 4.69) is 31.4 Å². The first-order chi connectivity index (χ1) is 10.2. The zero-order chi connectivity index (χ0) is 14.8. The summed E-state index contributed by atoms with van der Waals surface area (Å²) in [6.07, 6.45) is 6.58. The maximum atomic E-state index is 4.79. The van der Waals surface area contributed by atoms with Crippen LogP contribution in [0, 0.1) is 18.8 Å². The largest absolute Gasteiger partial charge is 0.370 e. The second kappa shape index (κ2) is 6.20. The highest BCUT2D eigenvalue weighted by Gasteiger charge is 2.28. The molecule has 2 N–H and O–H groups in total. The van der Waals surface area contributed by atoms with Gasteiger partial charge < -0.3 is 10.6 Å². The fourth-order valence-corrected chi connectivity index (χ4v) is 3.32. The van der Waals surface area contributed by atoms with Crippen molar-refractivity contribution in [2.24, 2.45) is 11.8 Å². The first-order valence-corrected chi connectivity index (χ1v) is 8.53. The third-order valence-corrected chi connectivity index (χ3v) is 4.81. The van der Waals surface area contributed by atoms with Crippen LogP contribution in [0.4, 0.5) is 11.6 Å². The van der Waals surface area contributed by atoms with Gasteiger partial charge in [-0.2, -0.15) is 0 Å². The minimum atomic E-state index is 0.593. The van der Waals surface area contributed by atoms with Crippen LogP contribution >= 0.6 is 0 Å². The van der Waals surface area contributed by atoms with E-state index in [4.69, 9.17) is 9.97 Å². The van der Waals surface area contributed by atoms with E-state index in [1.807, 2.05) is 0 Å². The van der Waals surface area contributed by atoms with Gasteiger partial charge in [0, 0.05) is 24.6 Å². The fraction of sp³-hybridized carbons (Fsp3) is 0.765. The first kappa shape index (κ1) is 14.6. The molecular weight excluding hydrogens is 260 g/mol. The lowest BCUT2D eigenvalue weighted by atomic mass is 10.1. The third kappa shape index (κ3) is 3.47. The van der Waals surface area contributed by atoms with Gasteiger partial charge in [-0.3, -0.25) is 0 Å². The van der Waals surface area contributed by atoms with Crippen molar-refractivity contribution < 1.29 is 0 Å². The number of aromatic nitrogens is 2. The minimum absolute atomic E-state index is 0.593. The lowest BCUT2D eigenvalue weighted by molar-refractivity contribution is 0.536. The summed E-state index contributed by atoms with van der Waals surface area (Å²) in [5.41, 5.74) is 1.16. The molecule has 0 saturated heterocycles. The average Bonchev–Trinajstić information content (AvgIpc) is 3.23. The lowest BCUT2D eigenvalue weighted by Crippen LogP contribution is -2.16. The Labute approximate surface area is 128 Å². The summed E-state index contributed by atoms with van der Waals surface area (Å²) in [5.74, 6) is 5.37. The summed E-state index contributed by atoms with van der Waals surface area (Å²) in [7, 11) is 0. The Kier molecular flexibility index (Phi) is 4.32. The van der Waals surface area contributed by atoms with E-state index in [9.17, 15) is 0 Å². The Bertz CT molecular complexity index is 496. The predicted molar refractivity (Wildman–Crippen MR) is 87.9 cm³/mol. The maximum Gasteiger partial charge on any atom is 0.136 e. The molecule has 1 aromatic rings. The van der Waals surface area contributed by atoms with Crippen LogP contribution in [-0.4, -0.2) is 23.1 Å². The van der Waals surface area contributed by atoms with Crippen LogP contribution in [0.5, 0.6) is 0 Å². The molecule has 0 bridgehead atoms. The van der Waals surface area contributed by atoms with Gasteiger partial charge >= 0.3 is 0 Å². The minimum Gasteiger partial charge on any atom is -0.370 e. The molecule has 0 amide bonds. The number of hydrogen-bond acceptors (Lipinski definition) is 4. The number of nitrogens with one attached hydrogen (secondary N) is 2. The zero-order valence-corrected chi connectivity index (χ0v) is 13.6. The van der Waals surface area contributed by atoms with Crippen molar-refractivity contribution in [1.29, 1.82) is 0 Å². The van der Waals surface area contributed by atoms with E-state index in [0.29, 0.717) is 5.92 Å². The first-order valence-electron chi connectivity index (χ1n) is 8.53. The highest BCUT2D eigenvalue weighted by atomic mass is 15.1. The predicted octanol–water partition coefficient (Wildman–Crippen LogP) is 3.94. The smallest absolute Gasteiger partial charge is 0.136 e. The lowest BCUT2D eigenvalue weighted by Gasteiger charge is -2.17. The van der Waals surface area contributed by atoms with Gasteiger partial charge in [0.05, 0.1) is 0 Å². The zero-order valence-electron chi connectivity index (χ0n) is 13.6. The SMILES string of the molecule is CCNc1nc(C2CC2)nc(NCC2CCC(C)C2)c1C. The Morgan fingerprint density at radius 3 is 2.33 bits per heavy atom. The molecular formula is C17H28N4. The normalized spacial score (nSPS) is 25.1. The molecule has 4 nitrogen and oxygen atoms in total. The fourth-order valence-electron chi connectivity index (χ4n) is 3.32. The van der Waals surface area contributed by atoms with E-state index in [0.717, 1.165) is 47.9 Å². The van der Waals surface area contributed by atoms with E-state index in [1.165, 1.54) is 32.1 Å². The van der Waals surface area contributed by atoms with Gasteiger partial charge in [-0.1, -0.05) is 13.3 Å². The standard InChI is InChI=1S/C17H28N4/c1-4-18-15-12(3)16(21-17(20-15)14-7-8-14)19-10-13-6-5-11(2)9-13/h11,13-14H,4-10H2,1-3H3,(H2,18,19,20,21). The Morgan fingerprint density at radius 1 is 1.05 bits per heavy atom. The molecule has 0 spiro atoms. The van der Waals surface area contributed by atoms with Crippen molar-refractivity contribution in [3.63, 3.8) is 0 Å². The van der Waals surface area contributed by atoms with Crippen LogP contribution in [0.25, 0.3) is 0 Å². The third-order valence-electron chi connectivity index (χ3n) is 4.81. The molecule has 2 aliphatic carbocycles. The van der Waals surface area contributed by atoms with Crippen molar-refractivity contribution in [1.82, 2.24) is 9.97 Å². The molecule has 1 heterocycles. The van der Waals surface area contributed by atoms with Gasteiger partial charge in [0.1, 0.15) is 17.5 Å². The molecule has 1 aromatic heterocycles. The number of anilines is 2. The van der Waals surface area contributed by atoms with Gasteiger partial charge in [-0.15, -0.1) is 0 Å². The molecule has 2 unspecified atom stereocenters. The van der Waals surface area contributed by atoms with Crippen molar-refractivity contribution >= 4 is 11.6 Å². The second-order valence-corrected chi connectivity index (χ2v) is 6.87. The number of hydrogen-bond donors (Lipinski definition) is 2. The van der Waals surface area contributed by atoms with Crippen molar-refractivity contribution in [3.05, 3.63) is 11.4 Å². The molecule has 0 radical (unpaired) electrons. The molecule has 2 fully saturated rings. The Morgan fingerprint density at radius 2 is 1.76 bits per heavy atom. The molecule has 3 rings (SSSR count). The molecule has 2 aliphatic rings. The summed E-state index contributed by atoms with van der Waals surface area (Å²) in [4.78, 5) is 9.51. The molecule has 21 heavy (non-hydrogen) atoms. The van der Waals surface area contributed by atoms with Crippen LogP contribution in [0.1, 0.15) is 63.3 Å².